The van der Waals surface area contributed by atoms with E-state index < -0.39 is 0 Å². The standard InChI is InChI=1S/C17H15N3OS/c1-11-3-8-15-16-12(10-22-17(15)19-11)9-18-20(16)13-4-6-14(21-2)7-5-13/h3-9H,10H2,1-2H3. The first kappa shape index (κ1) is 13.4. The molecule has 2 aromatic heterocycles. The van der Waals surface area contributed by atoms with Gasteiger partial charge in [-0.2, -0.15) is 5.10 Å². The molecular weight excluding hydrogens is 294 g/mol. The minimum atomic E-state index is 0.845. The van der Waals surface area contributed by atoms with Crippen LogP contribution in [-0.4, -0.2) is 21.9 Å². The van der Waals surface area contributed by atoms with E-state index in [1.807, 2.05) is 42.1 Å². The lowest BCUT2D eigenvalue weighted by atomic mass is 10.1. The fraction of sp³-hybridized carbons (Fsp3) is 0.176. The van der Waals surface area contributed by atoms with Crippen LogP contribution in [0.5, 0.6) is 5.75 Å². The van der Waals surface area contributed by atoms with E-state index in [0.717, 1.165) is 39.2 Å². The normalized spacial score (nSPS) is 12.6. The van der Waals surface area contributed by atoms with Gasteiger partial charge in [0.25, 0.3) is 0 Å². The number of aryl methyl sites for hydroxylation is 1. The third-order valence-electron chi connectivity index (χ3n) is 3.78. The molecule has 0 radical (unpaired) electrons. The fourth-order valence-electron chi connectivity index (χ4n) is 2.66. The first-order chi connectivity index (χ1) is 10.8. The quantitative estimate of drug-likeness (QED) is 0.721. The van der Waals surface area contributed by atoms with Crippen LogP contribution in [0.25, 0.3) is 16.9 Å². The summed E-state index contributed by atoms with van der Waals surface area (Å²) >= 11 is 1.78. The first-order valence-electron chi connectivity index (χ1n) is 7.08. The topological polar surface area (TPSA) is 39.9 Å². The highest BCUT2D eigenvalue weighted by Crippen LogP contribution is 2.41. The van der Waals surface area contributed by atoms with Crippen molar-refractivity contribution in [3.8, 4) is 22.7 Å². The number of rotatable bonds is 2. The highest BCUT2D eigenvalue weighted by Gasteiger charge is 2.23. The Morgan fingerprint density at radius 3 is 2.73 bits per heavy atom. The summed E-state index contributed by atoms with van der Waals surface area (Å²) in [5.74, 6) is 1.76. The summed E-state index contributed by atoms with van der Waals surface area (Å²) in [5, 5.41) is 5.67. The second-order valence-corrected chi connectivity index (χ2v) is 6.19. The number of pyridine rings is 1. The van der Waals surface area contributed by atoms with Gasteiger partial charge in [0.05, 0.1) is 24.7 Å². The Hall–Kier alpha value is -2.27. The van der Waals surface area contributed by atoms with E-state index in [2.05, 4.69) is 22.2 Å². The van der Waals surface area contributed by atoms with Gasteiger partial charge in [0, 0.05) is 22.6 Å². The van der Waals surface area contributed by atoms with Gasteiger partial charge in [-0.25, -0.2) is 9.67 Å². The third kappa shape index (κ3) is 2.09. The van der Waals surface area contributed by atoms with Crippen molar-refractivity contribution in [1.82, 2.24) is 14.8 Å². The number of hydrogen-bond donors (Lipinski definition) is 0. The van der Waals surface area contributed by atoms with Crippen molar-refractivity contribution in [2.24, 2.45) is 0 Å². The molecule has 0 atom stereocenters. The molecule has 1 aliphatic heterocycles. The molecule has 0 saturated carbocycles. The fourth-order valence-corrected chi connectivity index (χ4v) is 3.70. The van der Waals surface area contributed by atoms with E-state index in [0.29, 0.717) is 0 Å². The van der Waals surface area contributed by atoms with Crippen molar-refractivity contribution in [1.29, 1.82) is 0 Å². The Labute approximate surface area is 133 Å². The van der Waals surface area contributed by atoms with E-state index in [1.54, 1.807) is 18.9 Å². The Bertz CT molecular complexity index is 840. The van der Waals surface area contributed by atoms with Crippen LogP contribution in [0.2, 0.25) is 0 Å². The van der Waals surface area contributed by atoms with E-state index in [9.17, 15) is 0 Å². The summed E-state index contributed by atoms with van der Waals surface area (Å²) in [6, 6.07) is 12.2. The molecule has 0 aliphatic carbocycles. The van der Waals surface area contributed by atoms with Gasteiger partial charge in [-0.05, 0) is 43.3 Å². The number of ether oxygens (including phenoxy) is 1. The average Bonchev–Trinajstić information content (AvgIpc) is 2.99. The Morgan fingerprint density at radius 1 is 1.14 bits per heavy atom. The molecular formula is C17H15N3OS. The van der Waals surface area contributed by atoms with Crippen LogP contribution in [-0.2, 0) is 5.75 Å². The van der Waals surface area contributed by atoms with Gasteiger partial charge < -0.3 is 4.74 Å². The lowest BCUT2D eigenvalue weighted by molar-refractivity contribution is 0.414. The van der Waals surface area contributed by atoms with Gasteiger partial charge in [-0.3, -0.25) is 0 Å². The smallest absolute Gasteiger partial charge is 0.119 e. The van der Waals surface area contributed by atoms with Crippen LogP contribution in [0.4, 0.5) is 0 Å². The highest BCUT2D eigenvalue weighted by atomic mass is 32.2. The molecule has 0 amide bonds. The molecule has 0 unspecified atom stereocenters. The van der Waals surface area contributed by atoms with Crippen LogP contribution in [0.15, 0.2) is 47.6 Å². The number of thioether (sulfide) groups is 1. The second-order valence-electron chi connectivity index (χ2n) is 5.22. The lowest BCUT2D eigenvalue weighted by Crippen LogP contribution is -2.04. The number of nitrogens with zero attached hydrogens (tertiary/aromatic N) is 3. The number of aromatic nitrogens is 3. The molecule has 1 aliphatic rings. The van der Waals surface area contributed by atoms with Crippen molar-refractivity contribution < 1.29 is 4.74 Å². The van der Waals surface area contributed by atoms with Crippen LogP contribution in [0, 0.1) is 6.92 Å². The molecule has 1 aromatic carbocycles. The lowest BCUT2D eigenvalue weighted by Gasteiger charge is -2.17. The molecule has 4 rings (SSSR count). The number of benzene rings is 1. The van der Waals surface area contributed by atoms with Crippen LogP contribution in [0.3, 0.4) is 0 Å². The summed E-state index contributed by atoms with van der Waals surface area (Å²) in [4.78, 5) is 4.66. The monoisotopic (exact) mass is 309 g/mol. The molecule has 110 valence electrons. The third-order valence-corrected chi connectivity index (χ3v) is 4.82. The highest BCUT2D eigenvalue weighted by molar-refractivity contribution is 7.98. The maximum Gasteiger partial charge on any atom is 0.119 e. The number of fused-ring (bicyclic) bond motifs is 3. The molecule has 0 spiro atoms. The molecule has 0 saturated heterocycles. The molecule has 0 N–H and O–H groups in total. The summed E-state index contributed by atoms with van der Waals surface area (Å²) in [6.07, 6.45) is 1.95. The van der Waals surface area contributed by atoms with Gasteiger partial charge in [0.1, 0.15) is 10.8 Å². The molecule has 3 aromatic rings. The van der Waals surface area contributed by atoms with Gasteiger partial charge in [0.2, 0.25) is 0 Å². The predicted molar refractivity (Wildman–Crippen MR) is 87.6 cm³/mol. The van der Waals surface area contributed by atoms with Gasteiger partial charge in [0.15, 0.2) is 0 Å². The van der Waals surface area contributed by atoms with Crippen LogP contribution in [0.1, 0.15) is 11.3 Å². The Kier molecular flexibility index (Phi) is 3.15. The summed E-state index contributed by atoms with van der Waals surface area (Å²) in [6.45, 7) is 2.02. The van der Waals surface area contributed by atoms with Crippen molar-refractivity contribution in [2.75, 3.05) is 7.11 Å². The molecule has 0 bridgehead atoms. The maximum absolute atomic E-state index is 5.23. The maximum atomic E-state index is 5.23. The summed E-state index contributed by atoms with van der Waals surface area (Å²) in [5.41, 5.74) is 5.63. The van der Waals surface area contributed by atoms with Crippen molar-refractivity contribution in [2.45, 2.75) is 17.7 Å². The van der Waals surface area contributed by atoms with E-state index in [-0.39, 0.29) is 0 Å². The first-order valence-corrected chi connectivity index (χ1v) is 8.07. The van der Waals surface area contributed by atoms with Crippen LogP contribution >= 0.6 is 11.8 Å². The predicted octanol–water partition coefficient (Wildman–Crippen LogP) is 3.86. The molecule has 5 heteroatoms. The number of methoxy groups -OCH3 is 1. The van der Waals surface area contributed by atoms with Crippen molar-refractivity contribution in [3.05, 3.63) is 53.9 Å². The molecule has 0 fully saturated rings. The zero-order valence-corrected chi connectivity index (χ0v) is 13.2. The summed E-state index contributed by atoms with van der Waals surface area (Å²) in [7, 11) is 1.67. The summed E-state index contributed by atoms with van der Waals surface area (Å²) < 4.78 is 7.22. The Morgan fingerprint density at radius 2 is 1.95 bits per heavy atom. The van der Waals surface area contributed by atoms with E-state index in [4.69, 9.17) is 4.74 Å². The van der Waals surface area contributed by atoms with Gasteiger partial charge in [-0.1, -0.05) is 0 Å². The van der Waals surface area contributed by atoms with E-state index >= 15 is 0 Å². The van der Waals surface area contributed by atoms with Crippen molar-refractivity contribution >= 4 is 11.8 Å². The van der Waals surface area contributed by atoms with Gasteiger partial charge in [-0.15, -0.1) is 11.8 Å². The minimum absolute atomic E-state index is 0.845. The Balaban J connectivity index is 1.87. The second kappa shape index (κ2) is 5.18. The minimum Gasteiger partial charge on any atom is -0.497 e. The number of hydrogen-bond acceptors (Lipinski definition) is 4. The zero-order valence-electron chi connectivity index (χ0n) is 12.4. The SMILES string of the molecule is COc1ccc(-n2ncc3c2-c2ccc(C)nc2SC3)cc1. The zero-order chi connectivity index (χ0) is 15.1. The molecule has 4 nitrogen and oxygen atoms in total. The van der Waals surface area contributed by atoms with Gasteiger partial charge >= 0.3 is 0 Å². The molecule has 3 heterocycles. The average molecular weight is 309 g/mol. The van der Waals surface area contributed by atoms with E-state index in [1.165, 1.54) is 5.56 Å². The molecule has 22 heavy (non-hydrogen) atoms. The van der Waals surface area contributed by atoms with Crippen LogP contribution < -0.4 is 4.74 Å². The van der Waals surface area contributed by atoms with Crippen molar-refractivity contribution in [3.63, 3.8) is 0 Å². The largest absolute Gasteiger partial charge is 0.497 e.